The first-order valence-corrected chi connectivity index (χ1v) is 10.7. The van der Waals surface area contributed by atoms with Gasteiger partial charge in [0.1, 0.15) is 18.1 Å². The third kappa shape index (κ3) is 5.92. The van der Waals surface area contributed by atoms with Crippen molar-refractivity contribution in [2.24, 2.45) is 0 Å². The van der Waals surface area contributed by atoms with Crippen LogP contribution in [0, 0.1) is 0 Å². The third-order valence-electron chi connectivity index (χ3n) is 5.11. The van der Waals surface area contributed by atoms with Crippen LogP contribution in [0.25, 0.3) is 0 Å². The zero-order valence-corrected chi connectivity index (χ0v) is 18.2. The zero-order chi connectivity index (χ0) is 23.4. The molecule has 0 unspecified atom stereocenters. The highest BCUT2D eigenvalue weighted by molar-refractivity contribution is 7.81. The summed E-state index contributed by atoms with van der Waals surface area (Å²) in [5.41, 5.74) is 1.73. The molecule has 9 heteroatoms. The number of carbonyl (C=O) groups excluding carboxylic acids is 1. The Bertz CT molecular complexity index is 1130. The lowest BCUT2D eigenvalue weighted by Crippen LogP contribution is -2.48. The smallest absolute Gasteiger partial charge is 0.416 e. The van der Waals surface area contributed by atoms with E-state index < -0.39 is 17.8 Å². The number of alkyl halides is 3. The van der Waals surface area contributed by atoms with Crippen LogP contribution in [0.5, 0.6) is 11.5 Å². The molecule has 0 fully saturated rings. The molecule has 3 aromatic carbocycles. The lowest BCUT2D eigenvalue weighted by Gasteiger charge is -2.32. The van der Waals surface area contributed by atoms with Crippen LogP contribution in [0.1, 0.15) is 16.7 Å². The first kappa shape index (κ1) is 22.8. The molecule has 1 heterocycles. The van der Waals surface area contributed by atoms with Crippen molar-refractivity contribution in [3.8, 4) is 11.5 Å². The summed E-state index contributed by atoms with van der Waals surface area (Å²) in [6.07, 6.45) is -4.57. The van der Waals surface area contributed by atoms with Gasteiger partial charge in [0.25, 0.3) is 0 Å². The minimum atomic E-state index is -4.45. The van der Waals surface area contributed by atoms with Gasteiger partial charge in [-0.1, -0.05) is 36.4 Å². The number of nitrogens with one attached hydrogen (secondary N) is 2. The first-order valence-electron chi connectivity index (χ1n) is 10.2. The third-order valence-corrected chi connectivity index (χ3v) is 5.60. The number of thiol groups is 1. The Morgan fingerprint density at radius 1 is 1.03 bits per heavy atom. The van der Waals surface area contributed by atoms with E-state index in [2.05, 4.69) is 23.3 Å². The van der Waals surface area contributed by atoms with Crippen LogP contribution in [0.4, 0.5) is 23.7 Å². The van der Waals surface area contributed by atoms with Crippen LogP contribution < -0.4 is 15.4 Å². The summed E-state index contributed by atoms with van der Waals surface area (Å²) < 4.78 is 49.8. The summed E-state index contributed by atoms with van der Waals surface area (Å²) in [6.45, 7) is 0.148. The maximum Gasteiger partial charge on any atom is 0.416 e. The molecule has 2 N–H and O–H groups in total. The molecule has 0 aromatic heterocycles. The predicted molar refractivity (Wildman–Crippen MR) is 122 cm³/mol. The number of hydrogen-bond acceptors (Lipinski definition) is 5. The molecule has 5 nitrogen and oxygen atoms in total. The van der Waals surface area contributed by atoms with Gasteiger partial charge in [0.15, 0.2) is 0 Å². The number of amides is 1. The maximum absolute atomic E-state index is 13.0. The standard InChI is InChI=1S/C24H21F3N2O3S/c25-24(26,27)17-7-4-8-18(13-17)32-19-9-10-20-16(11-19)12-21(22(33)28-20)29-23(30)31-14-15-5-2-1-3-6-15/h1-11,13,21-22,28,33H,12,14H2,(H,29,30)/t21-,22-/m0/s1. The van der Waals surface area contributed by atoms with Crippen molar-refractivity contribution in [2.45, 2.75) is 30.6 Å². The lowest BCUT2D eigenvalue weighted by molar-refractivity contribution is -0.137. The quantitative estimate of drug-likeness (QED) is 0.396. The molecule has 1 aliphatic rings. The van der Waals surface area contributed by atoms with E-state index in [4.69, 9.17) is 9.47 Å². The molecule has 2 atom stereocenters. The number of halogens is 3. The van der Waals surface area contributed by atoms with E-state index in [1.807, 2.05) is 30.3 Å². The average Bonchev–Trinajstić information content (AvgIpc) is 2.79. The molecular weight excluding hydrogens is 453 g/mol. The molecule has 0 saturated heterocycles. The molecular formula is C24H21F3N2O3S. The van der Waals surface area contributed by atoms with E-state index in [9.17, 15) is 18.0 Å². The fourth-order valence-corrected chi connectivity index (χ4v) is 3.79. The molecule has 0 radical (unpaired) electrons. The van der Waals surface area contributed by atoms with Crippen molar-refractivity contribution < 1.29 is 27.4 Å². The monoisotopic (exact) mass is 474 g/mol. The van der Waals surface area contributed by atoms with E-state index in [1.54, 1.807) is 18.2 Å². The summed E-state index contributed by atoms with van der Waals surface area (Å²) in [7, 11) is 0. The summed E-state index contributed by atoms with van der Waals surface area (Å²) in [5.74, 6) is 0.470. The molecule has 33 heavy (non-hydrogen) atoms. The molecule has 3 aromatic rings. The van der Waals surface area contributed by atoms with Crippen molar-refractivity contribution in [2.75, 3.05) is 5.32 Å². The molecule has 1 aliphatic heterocycles. The van der Waals surface area contributed by atoms with Gasteiger partial charge in [-0.15, -0.1) is 0 Å². The summed E-state index contributed by atoms with van der Waals surface area (Å²) in [4.78, 5) is 12.3. The lowest BCUT2D eigenvalue weighted by atomic mass is 9.99. The van der Waals surface area contributed by atoms with Crippen LogP contribution >= 0.6 is 12.6 Å². The second-order valence-electron chi connectivity index (χ2n) is 7.55. The normalized spacial score (nSPS) is 17.5. The fourth-order valence-electron chi connectivity index (χ4n) is 3.47. The van der Waals surface area contributed by atoms with E-state index in [0.717, 1.165) is 28.9 Å². The van der Waals surface area contributed by atoms with Gasteiger partial charge in [0.05, 0.1) is 17.0 Å². The molecule has 1 amide bonds. The van der Waals surface area contributed by atoms with E-state index in [0.29, 0.717) is 12.2 Å². The van der Waals surface area contributed by atoms with Crippen LogP contribution in [0.15, 0.2) is 72.8 Å². The van der Waals surface area contributed by atoms with Crippen LogP contribution in [-0.4, -0.2) is 17.5 Å². The Morgan fingerprint density at radius 3 is 2.55 bits per heavy atom. The van der Waals surface area contributed by atoms with Crippen molar-refractivity contribution in [1.29, 1.82) is 0 Å². The van der Waals surface area contributed by atoms with E-state index in [1.165, 1.54) is 12.1 Å². The highest BCUT2D eigenvalue weighted by atomic mass is 32.1. The number of ether oxygens (including phenoxy) is 2. The molecule has 0 aliphatic carbocycles. The molecule has 0 spiro atoms. The van der Waals surface area contributed by atoms with Gasteiger partial charge in [0, 0.05) is 5.69 Å². The Hall–Kier alpha value is -3.33. The minimum Gasteiger partial charge on any atom is -0.457 e. The summed E-state index contributed by atoms with van der Waals surface area (Å²) >= 11 is 4.52. The Morgan fingerprint density at radius 2 is 1.79 bits per heavy atom. The topological polar surface area (TPSA) is 59.6 Å². The average molecular weight is 475 g/mol. The zero-order valence-electron chi connectivity index (χ0n) is 17.3. The van der Waals surface area contributed by atoms with Crippen molar-refractivity contribution >= 4 is 24.4 Å². The molecule has 0 saturated carbocycles. The highest BCUT2D eigenvalue weighted by Crippen LogP contribution is 2.35. The van der Waals surface area contributed by atoms with Crippen LogP contribution in [-0.2, 0) is 23.9 Å². The van der Waals surface area contributed by atoms with E-state index >= 15 is 0 Å². The van der Waals surface area contributed by atoms with E-state index in [-0.39, 0.29) is 23.8 Å². The summed E-state index contributed by atoms with van der Waals surface area (Å²) in [6, 6.07) is 18.8. The minimum absolute atomic E-state index is 0.0831. The van der Waals surface area contributed by atoms with Gasteiger partial charge in [-0.2, -0.15) is 25.8 Å². The predicted octanol–water partition coefficient (Wildman–Crippen LogP) is 6.02. The Labute approximate surface area is 194 Å². The first-order chi connectivity index (χ1) is 15.8. The highest BCUT2D eigenvalue weighted by Gasteiger charge is 2.31. The second kappa shape index (κ2) is 9.66. The summed E-state index contributed by atoms with van der Waals surface area (Å²) in [5, 5.41) is 5.66. The number of alkyl carbamates (subject to hydrolysis) is 1. The Kier molecular flexibility index (Phi) is 6.69. The molecule has 0 bridgehead atoms. The second-order valence-corrected chi connectivity index (χ2v) is 8.11. The Balaban J connectivity index is 1.41. The van der Waals surface area contributed by atoms with Gasteiger partial charge in [-0.05, 0) is 53.9 Å². The van der Waals surface area contributed by atoms with Gasteiger partial charge in [-0.25, -0.2) is 4.79 Å². The van der Waals surface area contributed by atoms with Gasteiger partial charge < -0.3 is 20.1 Å². The van der Waals surface area contributed by atoms with Crippen molar-refractivity contribution in [3.05, 3.63) is 89.5 Å². The van der Waals surface area contributed by atoms with Gasteiger partial charge in [-0.3, -0.25) is 0 Å². The van der Waals surface area contributed by atoms with Crippen LogP contribution in [0.3, 0.4) is 0 Å². The van der Waals surface area contributed by atoms with Crippen molar-refractivity contribution in [1.82, 2.24) is 5.32 Å². The van der Waals surface area contributed by atoms with Gasteiger partial charge in [0.2, 0.25) is 0 Å². The van der Waals surface area contributed by atoms with Crippen molar-refractivity contribution in [3.63, 3.8) is 0 Å². The van der Waals surface area contributed by atoms with Gasteiger partial charge >= 0.3 is 12.3 Å². The number of benzene rings is 3. The fraction of sp³-hybridized carbons (Fsp3) is 0.208. The molecule has 4 rings (SSSR count). The maximum atomic E-state index is 13.0. The van der Waals surface area contributed by atoms with Crippen LogP contribution in [0.2, 0.25) is 0 Å². The number of rotatable bonds is 5. The number of carbonyl (C=O) groups is 1. The SMILES string of the molecule is O=C(N[C@H]1Cc2cc(Oc3cccc(C(F)(F)F)c3)ccc2N[C@H]1S)OCc1ccccc1. The number of anilines is 1. The largest absolute Gasteiger partial charge is 0.457 e. The number of hydrogen-bond donors (Lipinski definition) is 3. The number of fused-ring (bicyclic) bond motifs is 1. The molecule has 172 valence electrons.